The summed E-state index contributed by atoms with van der Waals surface area (Å²) in [5, 5.41) is 11.1. The van der Waals surface area contributed by atoms with E-state index in [2.05, 4.69) is 12.2 Å². The number of carboxylic acids is 1. The smallest absolute Gasteiger partial charge is 0.325 e. The van der Waals surface area contributed by atoms with Gasteiger partial charge in [0.2, 0.25) is 5.91 Å². The van der Waals surface area contributed by atoms with Crippen LogP contribution in [0, 0.1) is 0 Å². The quantitative estimate of drug-likeness (QED) is 0.810. The Labute approximate surface area is 101 Å². The van der Waals surface area contributed by atoms with E-state index in [0.29, 0.717) is 0 Å². The van der Waals surface area contributed by atoms with E-state index in [9.17, 15) is 9.59 Å². The molecule has 0 saturated carbocycles. The molecule has 0 aliphatic heterocycles. The molecule has 0 aliphatic rings. The fourth-order valence-corrected chi connectivity index (χ4v) is 1.43. The van der Waals surface area contributed by atoms with Gasteiger partial charge in [-0.3, -0.25) is 9.59 Å². The molecule has 4 nitrogen and oxygen atoms in total. The summed E-state index contributed by atoms with van der Waals surface area (Å²) in [4.78, 5) is 22.1. The van der Waals surface area contributed by atoms with Crippen molar-refractivity contribution in [3.63, 3.8) is 0 Å². The molecule has 2 N–H and O–H groups in total. The zero-order valence-corrected chi connectivity index (χ0v) is 10.1. The highest BCUT2D eigenvalue weighted by Crippen LogP contribution is 2.05. The number of hydrogen-bond donors (Lipinski definition) is 2. The largest absolute Gasteiger partial charge is 0.480 e. The molecule has 92 valence electrons. The van der Waals surface area contributed by atoms with Crippen LogP contribution < -0.4 is 5.32 Å². The molecule has 1 aromatic rings. The first kappa shape index (κ1) is 13.2. The first-order valence-corrected chi connectivity index (χ1v) is 5.63. The molecule has 0 radical (unpaired) electrons. The van der Waals surface area contributed by atoms with Crippen molar-refractivity contribution in [2.45, 2.75) is 32.7 Å². The number of rotatable bonds is 5. The van der Waals surface area contributed by atoms with Crippen molar-refractivity contribution in [2.75, 3.05) is 0 Å². The summed E-state index contributed by atoms with van der Waals surface area (Å²) in [5.41, 5.74) is 2.10. The summed E-state index contributed by atoms with van der Waals surface area (Å²) in [6, 6.07) is 6.89. The molecule has 0 saturated heterocycles. The molecule has 17 heavy (non-hydrogen) atoms. The van der Waals surface area contributed by atoms with Crippen molar-refractivity contribution in [3.05, 3.63) is 35.4 Å². The van der Waals surface area contributed by atoms with E-state index in [1.54, 1.807) is 0 Å². The minimum Gasteiger partial charge on any atom is -0.480 e. The monoisotopic (exact) mass is 235 g/mol. The van der Waals surface area contributed by atoms with Crippen molar-refractivity contribution in [2.24, 2.45) is 0 Å². The normalized spacial score (nSPS) is 11.9. The number of nitrogens with one attached hydrogen (secondary N) is 1. The van der Waals surface area contributed by atoms with Gasteiger partial charge in [0.25, 0.3) is 0 Å². The Morgan fingerprint density at radius 3 is 2.24 bits per heavy atom. The first-order valence-electron chi connectivity index (χ1n) is 5.63. The second-order valence-electron chi connectivity index (χ2n) is 3.97. The van der Waals surface area contributed by atoms with Gasteiger partial charge in [0, 0.05) is 0 Å². The Morgan fingerprint density at radius 1 is 1.24 bits per heavy atom. The molecule has 0 aromatic heterocycles. The Kier molecular flexibility index (Phi) is 4.69. The third kappa shape index (κ3) is 4.26. The zero-order valence-electron chi connectivity index (χ0n) is 10.1. The molecular weight excluding hydrogens is 218 g/mol. The number of benzene rings is 1. The lowest BCUT2D eigenvalue weighted by molar-refractivity contribution is -0.141. The van der Waals surface area contributed by atoms with Crippen molar-refractivity contribution in [1.82, 2.24) is 5.32 Å². The molecule has 4 heteroatoms. The van der Waals surface area contributed by atoms with Crippen LogP contribution in [-0.2, 0) is 22.4 Å². The van der Waals surface area contributed by atoms with Gasteiger partial charge in [-0.15, -0.1) is 0 Å². The molecule has 1 rings (SSSR count). The summed E-state index contributed by atoms with van der Waals surface area (Å²) >= 11 is 0. The second-order valence-corrected chi connectivity index (χ2v) is 3.97. The third-order valence-corrected chi connectivity index (χ3v) is 2.54. The Balaban J connectivity index is 2.53. The predicted molar refractivity (Wildman–Crippen MR) is 64.8 cm³/mol. The van der Waals surface area contributed by atoms with Crippen LogP contribution in [0.3, 0.4) is 0 Å². The average Bonchev–Trinajstić information content (AvgIpc) is 2.29. The number of carbonyl (C=O) groups excluding carboxylic acids is 1. The average molecular weight is 235 g/mol. The third-order valence-electron chi connectivity index (χ3n) is 2.54. The fourth-order valence-electron chi connectivity index (χ4n) is 1.43. The van der Waals surface area contributed by atoms with E-state index in [1.165, 1.54) is 12.5 Å². The number of carbonyl (C=O) groups is 2. The predicted octanol–water partition coefficient (Wildman–Crippen LogP) is 1.38. The molecular formula is C13H17NO3. The maximum Gasteiger partial charge on any atom is 0.325 e. The van der Waals surface area contributed by atoms with Crippen LogP contribution in [0.5, 0.6) is 0 Å². The van der Waals surface area contributed by atoms with Crippen LogP contribution in [0.25, 0.3) is 0 Å². The van der Waals surface area contributed by atoms with Gasteiger partial charge in [0.05, 0.1) is 6.42 Å². The van der Waals surface area contributed by atoms with Crippen LogP contribution in [0.4, 0.5) is 0 Å². The Morgan fingerprint density at radius 2 is 1.76 bits per heavy atom. The zero-order chi connectivity index (χ0) is 12.8. The minimum absolute atomic E-state index is 0.210. The van der Waals surface area contributed by atoms with Gasteiger partial charge in [-0.1, -0.05) is 31.2 Å². The lowest BCUT2D eigenvalue weighted by Crippen LogP contribution is -2.39. The van der Waals surface area contributed by atoms with Crippen LogP contribution >= 0.6 is 0 Å². The maximum atomic E-state index is 11.5. The summed E-state index contributed by atoms with van der Waals surface area (Å²) in [7, 11) is 0. The molecule has 0 aliphatic carbocycles. The summed E-state index contributed by atoms with van der Waals surface area (Å²) < 4.78 is 0. The first-order chi connectivity index (χ1) is 8.02. The number of aliphatic carboxylic acids is 1. The van der Waals surface area contributed by atoms with Gasteiger partial charge in [0.15, 0.2) is 0 Å². The molecule has 1 atom stereocenters. The van der Waals surface area contributed by atoms with Crippen LogP contribution in [0.15, 0.2) is 24.3 Å². The second kappa shape index (κ2) is 6.03. The number of amides is 1. The number of hydrogen-bond acceptors (Lipinski definition) is 2. The van der Waals surface area contributed by atoms with Crippen molar-refractivity contribution in [3.8, 4) is 0 Å². The Bertz CT molecular complexity index is 398. The van der Waals surface area contributed by atoms with Gasteiger partial charge >= 0.3 is 5.97 Å². The summed E-state index contributed by atoms with van der Waals surface area (Å²) in [6.07, 6.45) is 1.17. The van der Waals surface area contributed by atoms with Gasteiger partial charge in [-0.2, -0.15) is 0 Å². The topological polar surface area (TPSA) is 66.4 Å². The lowest BCUT2D eigenvalue weighted by atomic mass is 10.1. The van der Waals surface area contributed by atoms with E-state index >= 15 is 0 Å². The Hall–Kier alpha value is -1.84. The van der Waals surface area contributed by atoms with Gasteiger partial charge < -0.3 is 10.4 Å². The van der Waals surface area contributed by atoms with Crippen LogP contribution in [-0.4, -0.2) is 23.0 Å². The van der Waals surface area contributed by atoms with E-state index in [0.717, 1.165) is 12.0 Å². The van der Waals surface area contributed by atoms with Crippen LogP contribution in [0.1, 0.15) is 25.0 Å². The molecule has 1 amide bonds. The lowest BCUT2D eigenvalue weighted by Gasteiger charge is -2.09. The number of aryl methyl sites for hydroxylation is 1. The standard InChI is InChI=1S/C13H17NO3/c1-3-10-4-6-11(7-5-10)8-12(15)14-9(2)13(16)17/h4-7,9H,3,8H2,1-2H3,(H,14,15)(H,16,17)/t9-/m0/s1. The maximum absolute atomic E-state index is 11.5. The summed E-state index contributed by atoms with van der Waals surface area (Å²) in [6.45, 7) is 3.51. The highest BCUT2D eigenvalue weighted by molar-refractivity contribution is 5.84. The highest BCUT2D eigenvalue weighted by Gasteiger charge is 2.13. The van der Waals surface area contributed by atoms with Crippen molar-refractivity contribution >= 4 is 11.9 Å². The SMILES string of the molecule is CCc1ccc(CC(=O)N[C@@H](C)C(=O)O)cc1. The molecule has 0 fully saturated rings. The van der Waals surface area contributed by atoms with E-state index in [-0.39, 0.29) is 12.3 Å². The fraction of sp³-hybridized carbons (Fsp3) is 0.385. The molecule has 0 spiro atoms. The molecule has 0 heterocycles. The van der Waals surface area contributed by atoms with Crippen LogP contribution in [0.2, 0.25) is 0 Å². The molecule has 1 aromatic carbocycles. The van der Waals surface area contributed by atoms with Gasteiger partial charge in [-0.25, -0.2) is 0 Å². The highest BCUT2D eigenvalue weighted by atomic mass is 16.4. The van der Waals surface area contributed by atoms with Gasteiger partial charge in [-0.05, 0) is 24.5 Å². The van der Waals surface area contributed by atoms with Crippen molar-refractivity contribution < 1.29 is 14.7 Å². The van der Waals surface area contributed by atoms with E-state index in [4.69, 9.17) is 5.11 Å². The summed E-state index contributed by atoms with van der Waals surface area (Å²) in [5.74, 6) is -1.30. The van der Waals surface area contributed by atoms with Gasteiger partial charge in [0.1, 0.15) is 6.04 Å². The van der Waals surface area contributed by atoms with E-state index in [1.807, 2.05) is 24.3 Å². The molecule has 0 unspecified atom stereocenters. The minimum atomic E-state index is -1.03. The van der Waals surface area contributed by atoms with E-state index < -0.39 is 12.0 Å². The van der Waals surface area contributed by atoms with Crippen molar-refractivity contribution in [1.29, 1.82) is 0 Å². The molecule has 0 bridgehead atoms. The number of carboxylic acid groups (broad SMARTS) is 1.